The molecule has 1 N–H and O–H groups in total. The highest BCUT2D eigenvalue weighted by Gasteiger charge is 2.04. The standard InChI is InChI=1S/C11H14N2O/c1-12-11-7-8-6-9(14-3)4-5-10(8)13(11)2/h4-7,12H,1-3H3. The van der Waals surface area contributed by atoms with E-state index in [1.54, 1.807) is 7.11 Å². The predicted octanol–water partition coefficient (Wildman–Crippen LogP) is 2.23. The third-order valence-electron chi connectivity index (χ3n) is 2.51. The van der Waals surface area contributed by atoms with Gasteiger partial charge >= 0.3 is 0 Å². The molecule has 0 saturated heterocycles. The zero-order chi connectivity index (χ0) is 10.1. The van der Waals surface area contributed by atoms with Crippen LogP contribution in [-0.2, 0) is 7.05 Å². The molecular formula is C11H14N2O. The number of anilines is 1. The zero-order valence-corrected chi connectivity index (χ0v) is 8.66. The summed E-state index contributed by atoms with van der Waals surface area (Å²) in [6.07, 6.45) is 0. The molecule has 1 aromatic carbocycles. The minimum Gasteiger partial charge on any atom is -0.497 e. The number of aryl methyl sites for hydroxylation is 1. The maximum atomic E-state index is 5.18. The number of nitrogens with one attached hydrogen (secondary N) is 1. The summed E-state index contributed by atoms with van der Waals surface area (Å²) in [5.74, 6) is 2.00. The van der Waals surface area contributed by atoms with Crippen LogP contribution in [0, 0.1) is 0 Å². The number of nitrogens with zero attached hydrogens (tertiary/aromatic N) is 1. The molecule has 0 unspecified atom stereocenters. The Hall–Kier alpha value is -1.64. The van der Waals surface area contributed by atoms with Gasteiger partial charge in [0.1, 0.15) is 11.6 Å². The average molecular weight is 190 g/mol. The summed E-state index contributed by atoms with van der Waals surface area (Å²) in [6.45, 7) is 0. The fraction of sp³-hybridized carbons (Fsp3) is 0.273. The number of benzene rings is 1. The molecule has 0 amide bonds. The number of fused-ring (bicyclic) bond motifs is 1. The third kappa shape index (κ3) is 1.21. The van der Waals surface area contributed by atoms with Gasteiger partial charge < -0.3 is 14.6 Å². The van der Waals surface area contributed by atoms with Crippen LogP contribution in [0.3, 0.4) is 0 Å². The second-order valence-corrected chi connectivity index (χ2v) is 3.26. The quantitative estimate of drug-likeness (QED) is 0.786. The molecule has 0 aliphatic rings. The number of rotatable bonds is 2. The van der Waals surface area contributed by atoms with Crippen LogP contribution < -0.4 is 10.1 Å². The van der Waals surface area contributed by atoms with E-state index in [1.807, 2.05) is 26.2 Å². The first-order valence-corrected chi connectivity index (χ1v) is 4.57. The number of ether oxygens (including phenoxy) is 1. The molecule has 0 spiro atoms. The Morgan fingerprint density at radius 3 is 2.71 bits per heavy atom. The second kappa shape index (κ2) is 3.25. The van der Waals surface area contributed by atoms with Crippen molar-refractivity contribution in [2.45, 2.75) is 0 Å². The molecule has 74 valence electrons. The molecule has 0 radical (unpaired) electrons. The van der Waals surface area contributed by atoms with Gasteiger partial charge in [-0.05, 0) is 24.3 Å². The lowest BCUT2D eigenvalue weighted by Gasteiger charge is -2.02. The third-order valence-corrected chi connectivity index (χ3v) is 2.51. The summed E-state index contributed by atoms with van der Waals surface area (Å²) in [5, 5.41) is 4.34. The van der Waals surface area contributed by atoms with Crippen molar-refractivity contribution in [2.24, 2.45) is 7.05 Å². The van der Waals surface area contributed by atoms with Crippen LogP contribution in [0.1, 0.15) is 0 Å². The number of methoxy groups -OCH3 is 1. The van der Waals surface area contributed by atoms with E-state index < -0.39 is 0 Å². The van der Waals surface area contributed by atoms with Crippen LogP contribution in [0.15, 0.2) is 24.3 Å². The molecular weight excluding hydrogens is 176 g/mol. The largest absolute Gasteiger partial charge is 0.497 e. The summed E-state index contributed by atoms with van der Waals surface area (Å²) in [5.41, 5.74) is 1.20. The molecule has 2 aromatic rings. The molecule has 1 heterocycles. The van der Waals surface area contributed by atoms with Gasteiger partial charge in [-0.25, -0.2) is 0 Å². The van der Waals surface area contributed by atoms with Crippen LogP contribution >= 0.6 is 0 Å². The lowest BCUT2D eigenvalue weighted by atomic mass is 10.2. The zero-order valence-electron chi connectivity index (χ0n) is 8.66. The molecule has 2 rings (SSSR count). The Bertz CT molecular complexity index is 460. The van der Waals surface area contributed by atoms with E-state index in [0.717, 1.165) is 11.6 Å². The highest BCUT2D eigenvalue weighted by atomic mass is 16.5. The number of aromatic nitrogens is 1. The molecule has 0 bridgehead atoms. The van der Waals surface area contributed by atoms with Crippen molar-refractivity contribution in [2.75, 3.05) is 19.5 Å². The van der Waals surface area contributed by atoms with Crippen molar-refractivity contribution in [1.82, 2.24) is 4.57 Å². The van der Waals surface area contributed by atoms with Crippen molar-refractivity contribution >= 4 is 16.7 Å². The summed E-state index contributed by atoms with van der Waals surface area (Å²) in [4.78, 5) is 0. The molecule has 0 saturated carbocycles. The fourth-order valence-corrected chi connectivity index (χ4v) is 1.69. The maximum Gasteiger partial charge on any atom is 0.119 e. The highest BCUT2D eigenvalue weighted by Crippen LogP contribution is 2.25. The van der Waals surface area contributed by atoms with Crippen LogP contribution in [0.4, 0.5) is 5.82 Å². The average Bonchev–Trinajstić information content (AvgIpc) is 2.55. The Balaban J connectivity index is 2.66. The van der Waals surface area contributed by atoms with Crippen molar-refractivity contribution in [3.8, 4) is 5.75 Å². The molecule has 0 aliphatic heterocycles. The minimum atomic E-state index is 0.894. The van der Waals surface area contributed by atoms with Gasteiger partial charge in [0.15, 0.2) is 0 Å². The summed E-state index contributed by atoms with van der Waals surface area (Å²) in [6, 6.07) is 8.19. The van der Waals surface area contributed by atoms with Crippen molar-refractivity contribution in [1.29, 1.82) is 0 Å². The SMILES string of the molecule is CNc1cc2cc(OC)ccc2n1C. The minimum absolute atomic E-state index is 0.894. The maximum absolute atomic E-state index is 5.18. The van der Waals surface area contributed by atoms with E-state index in [-0.39, 0.29) is 0 Å². The van der Waals surface area contributed by atoms with Crippen LogP contribution in [-0.4, -0.2) is 18.7 Å². The molecule has 3 nitrogen and oxygen atoms in total. The summed E-state index contributed by atoms with van der Waals surface area (Å²) < 4.78 is 7.30. The lowest BCUT2D eigenvalue weighted by molar-refractivity contribution is 0.415. The van der Waals surface area contributed by atoms with Crippen LogP contribution in [0.25, 0.3) is 10.9 Å². The Labute approximate surface area is 83.3 Å². The predicted molar refractivity (Wildman–Crippen MR) is 59.0 cm³/mol. The summed E-state index contributed by atoms with van der Waals surface area (Å²) in [7, 11) is 5.65. The van der Waals surface area contributed by atoms with Gasteiger partial charge in [0.05, 0.1) is 7.11 Å². The van der Waals surface area contributed by atoms with Gasteiger partial charge in [-0.1, -0.05) is 0 Å². The van der Waals surface area contributed by atoms with E-state index in [4.69, 9.17) is 4.74 Å². The van der Waals surface area contributed by atoms with Crippen molar-refractivity contribution in [3.05, 3.63) is 24.3 Å². The van der Waals surface area contributed by atoms with Gasteiger partial charge in [0.2, 0.25) is 0 Å². The van der Waals surface area contributed by atoms with E-state index in [9.17, 15) is 0 Å². The molecule has 0 atom stereocenters. The van der Waals surface area contributed by atoms with Gasteiger partial charge in [0, 0.05) is 25.0 Å². The Morgan fingerprint density at radius 2 is 2.07 bits per heavy atom. The van der Waals surface area contributed by atoms with Gasteiger partial charge in [-0.3, -0.25) is 0 Å². The van der Waals surface area contributed by atoms with Gasteiger partial charge in [0.25, 0.3) is 0 Å². The first kappa shape index (κ1) is 8.94. The number of hydrogen-bond donors (Lipinski definition) is 1. The van der Waals surface area contributed by atoms with Gasteiger partial charge in [-0.2, -0.15) is 0 Å². The normalized spacial score (nSPS) is 10.5. The van der Waals surface area contributed by atoms with Crippen LogP contribution in [0.2, 0.25) is 0 Å². The molecule has 1 aromatic heterocycles. The molecule has 0 aliphatic carbocycles. The van der Waals surface area contributed by atoms with Crippen molar-refractivity contribution in [3.63, 3.8) is 0 Å². The van der Waals surface area contributed by atoms with Crippen LogP contribution in [0.5, 0.6) is 5.75 Å². The monoisotopic (exact) mass is 190 g/mol. The topological polar surface area (TPSA) is 26.2 Å². The van der Waals surface area contributed by atoms with E-state index in [1.165, 1.54) is 10.9 Å². The second-order valence-electron chi connectivity index (χ2n) is 3.26. The first-order chi connectivity index (χ1) is 6.76. The van der Waals surface area contributed by atoms with Gasteiger partial charge in [-0.15, -0.1) is 0 Å². The fourth-order valence-electron chi connectivity index (χ4n) is 1.69. The highest BCUT2D eigenvalue weighted by molar-refractivity contribution is 5.86. The first-order valence-electron chi connectivity index (χ1n) is 4.57. The van der Waals surface area contributed by atoms with E-state index in [2.05, 4.69) is 22.0 Å². The van der Waals surface area contributed by atoms with Crippen molar-refractivity contribution < 1.29 is 4.74 Å². The number of hydrogen-bond acceptors (Lipinski definition) is 2. The molecule has 3 heteroatoms. The van der Waals surface area contributed by atoms with E-state index >= 15 is 0 Å². The summed E-state index contributed by atoms with van der Waals surface area (Å²) >= 11 is 0. The van der Waals surface area contributed by atoms with E-state index in [0.29, 0.717) is 0 Å². The Kier molecular flexibility index (Phi) is 2.08. The Morgan fingerprint density at radius 1 is 1.29 bits per heavy atom. The molecule has 0 fully saturated rings. The lowest BCUT2D eigenvalue weighted by Crippen LogP contribution is -1.95. The smallest absolute Gasteiger partial charge is 0.119 e. The molecule has 14 heavy (non-hydrogen) atoms.